The van der Waals surface area contributed by atoms with Gasteiger partial charge in [0.05, 0.1) is 6.54 Å². The second-order valence-corrected chi connectivity index (χ2v) is 4.76. The Balaban J connectivity index is 2.03. The molecule has 19 heavy (non-hydrogen) atoms. The largest absolute Gasteiger partial charge is 0.465 e. The van der Waals surface area contributed by atoms with Crippen molar-refractivity contribution in [2.24, 2.45) is 5.73 Å². The molecular weight excluding hydrogens is 243 g/mol. The first-order valence-corrected chi connectivity index (χ1v) is 6.30. The van der Waals surface area contributed by atoms with Gasteiger partial charge in [-0.2, -0.15) is 0 Å². The summed E-state index contributed by atoms with van der Waals surface area (Å²) in [5.74, 6) is 1.49. The van der Waals surface area contributed by atoms with Crippen LogP contribution in [0.1, 0.15) is 22.6 Å². The van der Waals surface area contributed by atoms with Crippen LogP contribution in [-0.2, 0) is 19.6 Å². The molecule has 2 N–H and O–H groups in total. The van der Waals surface area contributed by atoms with E-state index < -0.39 is 0 Å². The van der Waals surface area contributed by atoms with Gasteiger partial charge < -0.3 is 10.2 Å². The number of aryl methyl sites for hydroxylation is 1. The van der Waals surface area contributed by atoms with E-state index in [4.69, 9.17) is 10.2 Å². The summed E-state index contributed by atoms with van der Waals surface area (Å²) in [6, 6.07) is 8.81. The zero-order valence-electron chi connectivity index (χ0n) is 11.3. The molecule has 0 unspecified atom stereocenters. The molecule has 2 rings (SSSR count). The highest BCUT2D eigenvalue weighted by Gasteiger charge is 2.10. The molecule has 0 spiro atoms. The molecule has 102 valence electrons. The second kappa shape index (κ2) is 5.99. The first kappa shape index (κ1) is 13.8. The average molecular weight is 262 g/mol. The maximum Gasteiger partial charge on any atom is 0.127 e. The highest BCUT2D eigenvalue weighted by Crippen LogP contribution is 2.17. The SMILES string of the molecule is Cc1oc(CN)cc1CN(C)Cc1ccccc1F. The summed E-state index contributed by atoms with van der Waals surface area (Å²) in [6.45, 7) is 3.60. The maximum atomic E-state index is 13.6. The quantitative estimate of drug-likeness (QED) is 0.901. The van der Waals surface area contributed by atoms with E-state index in [1.165, 1.54) is 6.07 Å². The lowest BCUT2D eigenvalue weighted by atomic mass is 10.2. The van der Waals surface area contributed by atoms with Gasteiger partial charge >= 0.3 is 0 Å². The number of rotatable bonds is 5. The van der Waals surface area contributed by atoms with Crippen LogP contribution in [0, 0.1) is 12.7 Å². The molecule has 0 aliphatic carbocycles. The van der Waals surface area contributed by atoms with Crippen molar-refractivity contribution in [2.45, 2.75) is 26.6 Å². The fourth-order valence-electron chi connectivity index (χ4n) is 2.11. The molecular formula is C15H19FN2O. The number of hydrogen-bond donors (Lipinski definition) is 1. The summed E-state index contributed by atoms with van der Waals surface area (Å²) in [5, 5.41) is 0. The molecule has 0 aliphatic heterocycles. The Labute approximate surface area is 112 Å². The fraction of sp³-hybridized carbons (Fsp3) is 0.333. The maximum absolute atomic E-state index is 13.6. The Bertz CT molecular complexity index is 551. The highest BCUT2D eigenvalue weighted by atomic mass is 19.1. The van der Waals surface area contributed by atoms with Crippen molar-refractivity contribution in [1.82, 2.24) is 4.90 Å². The molecule has 2 aromatic rings. The number of benzene rings is 1. The molecule has 1 heterocycles. The Morgan fingerprint density at radius 1 is 1.21 bits per heavy atom. The van der Waals surface area contributed by atoms with Gasteiger partial charge in [0.1, 0.15) is 17.3 Å². The molecule has 1 aromatic carbocycles. The number of hydrogen-bond acceptors (Lipinski definition) is 3. The number of halogens is 1. The van der Waals surface area contributed by atoms with Gasteiger partial charge in [0.25, 0.3) is 0 Å². The number of nitrogens with zero attached hydrogens (tertiary/aromatic N) is 1. The minimum Gasteiger partial charge on any atom is -0.465 e. The smallest absolute Gasteiger partial charge is 0.127 e. The summed E-state index contributed by atoms with van der Waals surface area (Å²) in [6.07, 6.45) is 0. The molecule has 0 saturated heterocycles. The molecule has 0 amide bonds. The molecule has 0 bridgehead atoms. The topological polar surface area (TPSA) is 42.4 Å². The van der Waals surface area contributed by atoms with Crippen LogP contribution in [0.25, 0.3) is 0 Å². The van der Waals surface area contributed by atoms with Gasteiger partial charge in [-0.15, -0.1) is 0 Å². The van der Waals surface area contributed by atoms with Crippen LogP contribution < -0.4 is 5.73 Å². The van der Waals surface area contributed by atoms with Gasteiger partial charge in [-0.05, 0) is 26.1 Å². The zero-order valence-corrected chi connectivity index (χ0v) is 11.3. The van der Waals surface area contributed by atoms with Crippen LogP contribution in [0.4, 0.5) is 4.39 Å². The minimum absolute atomic E-state index is 0.166. The molecule has 0 radical (unpaired) electrons. The van der Waals surface area contributed by atoms with Crippen molar-refractivity contribution >= 4 is 0 Å². The van der Waals surface area contributed by atoms with Gasteiger partial charge in [-0.1, -0.05) is 18.2 Å². The third-order valence-corrected chi connectivity index (χ3v) is 3.11. The molecule has 0 atom stereocenters. The number of furan rings is 1. The van der Waals surface area contributed by atoms with E-state index in [2.05, 4.69) is 4.90 Å². The summed E-state index contributed by atoms with van der Waals surface area (Å²) in [7, 11) is 1.96. The van der Waals surface area contributed by atoms with E-state index in [0.29, 0.717) is 25.2 Å². The Kier molecular flexibility index (Phi) is 4.35. The van der Waals surface area contributed by atoms with Crippen LogP contribution in [0.15, 0.2) is 34.7 Å². The Morgan fingerprint density at radius 3 is 2.53 bits per heavy atom. The van der Waals surface area contributed by atoms with E-state index in [9.17, 15) is 4.39 Å². The van der Waals surface area contributed by atoms with E-state index in [1.807, 2.05) is 26.1 Å². The first-order valence-electron chi connectivity index (χ1n) is 6.30. The molecule has 0 fully saturated rings. The van der Waals surface area contributed by atoms with Gasteiger partial charge in [0, 0.05) is 24.2 Å². The van der Waals surface area contributed by atoms with Crippen molar-refractivity contribution in [3.8, 4) is 0 Å². The second-order valence-electron chi connectivity index (χ2n) is 4.76. The molecule has 4 heteroatoms. The van der Waals surface area contributed by atoms with Crippen molar-refractivity contribution in [3.05, 3.63) is 58.8 Å². The van der Waals surface area contributed by atoms with Crippen LogP contribution in [0.3, 0.4) is 0 Å². The van der Waals surface area contributed by atoms with E-state index in [0.717, 1.165) is 17.1 Å². The zero-order chi connectivity index (χ0) is 13.8. The molecule has 1 aromatic heterocycles. The lowest BCUT2D eigenvalue weighted by Crippen LogP contribution is -2.18. The summed E-state index contributed by atoms with van der Waals surface area (Å²) in [4.78, 5) is 2.05. The Hall–Kier alpha value is -1.65. The van der Waals surface area contributed by atoms with Crippen LogP contribution in [0.2, 0.25) is 0 Å². The van der Waals surface area contributed by atoms with Crippen molar-refractivity contribution in [1.29, 1.82) is 0 Å². The molecule has 0 aliphatic rings. The van der Waals surface area contributed by atoms with Gasteiger partial charge in [0.2, 0.25) is 0 Å². The predicted octanol–water partition coefficient (Wildman–Crippen LogP) is 2.82. The standard InChI is InChI=1S/C15H19FN2O/c1-11-13(7-14(8-17)19-11)10-18(2)9-12-5-3-4-6-15(12)16/h3-7H,8-10,17H2,1-2H3. The summed E-state index contributed by atoms with van der Waals surface area (Å²) < 4.78 is 19.1. The van der Waals surface area contributed by atoms with Gasteiger partial charge in [0.15, 0.2) is 0 Å². The Morgan fingerprint density at radius 2 is 1.89 bits per heavy atom. The van der Waals surface area contributed by atoms with Crippen LogP contribution in [-0.4, -0.2) is 11.9 Å². The molecule has 0 saturated carbocycles. The third kappa shape index (κ3) is 3.43. The first-order chi connectivity index (χ1) is 9.10. The van der Waals surface area contributed by atoms with Crippen molar-refractivity contribution < 1.29 is 8.81 Å². The van der Waals surface area contributed by atoms with Crippen LogP contribution >= 0.6 is 0 Å². The monoisotopic (exact) mass is 262 g/mol. The predicted molar refractivity (Wildman–Crippen MR) is 72.9 cm³/mol. The average Bonchev–Trinajstić information content (AvgIpc) is 2.73. The van der Waals surface area contributed by atoms with E-state index in [-0.39, 0.29) is 5.82 Å². The summed E-state index contributed by atoms with van der Waals surface area (Å²) in [5.41, 5.74) is 7.35. The minimum atomic E-state index is -0.166. The highest BCUT2D eigenvalue weighted by molar-refractivity contribution is 5.21. The fourth-order valence-corrected chi connectivity index (χ4v) is 2.11. The van der Waals surface area contributed by atoms with Gasteiger partial charge in [-0.25, -0.2) is 4.39 Å². The third-order valence-electron chi connectivity index (χ3n) is 3.11. The van der Waals surface area contributed by atoms with E-state index in [1.54, 1.807) is 12.1 Å². The van der Waals surface area contributed by atoms with Crippen molar-refractivity contribution in [3.63, 3.8) is 0 Å². The lowest BCUT2D eigenvalue weighted by molar-refractivity contribution is 0.311. The molecule has 3 nitrogen and oxygen atoms in total. The summed E-state index contributed by atoms with van der Waals surface area (Å²) >= 11 is 0. The van der Waals surface area contributed by atoms with Gasteiger partial charge in [-0.3, -0.25) is 4.90 Å². The number of nitrogens with two attached hydrogens (primary N) is 1. The van der Waals surface area contributed by atoms with E-state index >= 15 is 0 Å². The van der Waals surface area contributed by atoms with Crippen molar-refractivity contribution in [2.75, 3.05) is 7.05 Å². The lowest BCUT2D eigenvalue weighted by Gasteiger charge is -2.16. The van der Waals surface area contributed by atoms with Crippen LogP contribution in [0.5, 0.6) is 0 Å². The normalized spacial score (nSPS) is 11.2.